The van der Waals surface area contributed by atoms with Gasteiger partial charge in [0.1, 0.15) is 11.6 Å². The van der Waals surface area contributed by atoms with Crippen LogP contribution in [-0.2, 0) is 6.42 Å². The Morgan fingerprint density at radius 1 is 0.968 bits per heavy atom. The average molecular weight is 429 g/mol. The third kappa shape index (κ3) is 4.29. The topological polar surface area (TPSA) is 89.6 Å². The molecule has 2 aromatic carbocycles. The number of benzene rings is 2. The number of rotatable bonds is 6. The molecule has 5 rings (SSSR count). The molecule has 0 aliphatic rings. The van der Waals surface area contributed by atoms with Crippen molar-refractivity contribution in [2.45, 2.75) is 20.3 Å². The monoisotopic (exact) mass is 428 g/mol. The first-order valence-corrected chi connectivity index (χ1v) is 10.8. The van der Waals surface area contributed by atoms with E-state index in [1.54, 1.807) is 18.3 Å². The minimum atomic E-state index is 0.562. The summed E-state index contributed by atoms with van der Waals surface area (Å²) in [5, 5.41) is 7.43. The van der Waals surface area contributed by atoms with Gasteiger partial charge in [-0.25, -0.2) is 15.0 Å². The van der Waals surface area contributed by atoms with Crippen molar-refractivity contribution >= 4 is 27.4 Å². The number of hydrogen-bond acceptors (Lipinski definition) is 8. The van der Waals surface area contributed by atoms with Gasteiger partial charge in [-0.1, -0.05) is 29.4 Å². The Labute approximate surface area is 183 Å². The molecule has 5 aromatic rings. The van der Waals surface area contributed by atoms with E-state index in [0.29, 0.717) is 11.7 Å². The van der Waals surface area contributed by atoms with Crippen LogP contribution in [0, 0.1) is 13.8 Å². The van der Waals surface area contributed by atoms with Crippen LogP contribution in [0.15, 0.2) is 58.6 Å². The molecule has 1 N–H and O–H groups in total. The van der Waals surface area contributed by atoms with E-state index in [-0.39, 0.29) is 0 Å². The Kier molecular flexibility index (Phi) is 5.13. The summed E-state index contributed by atoms with van der Waals surface area (Å²) in [6, 6.07) is 16.4. The number of nitrogens with one attached hydrogen (secondary N) is 1. The normalized spacial score (nSPS) is 11.2. The quantitative estimate of drug-likeness (QED) is 0.403. The van der Waals surface area contributed by atoms with E-state index >= 15 is 0 Å². The summed E-state index contributed by atoms with van der Waals surface area (Å²) < 4.78 is 6.24. The second-order valence-corrected chi connectivity index (χ2v) is 8.12. The highest BCUT2D eigenvalue weighted by molar-refractivity contribution is 7.16. The van der Waals surface area contributed by atoms with Crippen molar-refractivity contribution in [1.82, 2.24) is 25.1 Å². The van der Waals surface area contributed by atoms with Gasteiger partial charge >= 0.3 is 0 Å². The third-order valence-corrected chi connectivity index (χ3v) is 5.69. The number of fused-ring (bicyclic) bond motifs is 1. The predicted octanol–water partition coefficient (Wildman–Crippen LogP) is 5.07. The minimum Gasteiger partial charge on any atom is -0.370 e. The molecule has 0 fully saturated rings. The highest BCUT2D eigenvalue weighted by Crippen LogP contribution is 2.26. The Balaban J connectivity index is 1.30. The summed E-state index contributed by atoms with van der Waals surface area (Å²) in [5.74, 6) is 2.73. The van der Waals surface area contributed by atoms with Crippen LogP contribution in [0.1, 0.15) is 17.3 Å². The summed E-state index contributed by atoms with van der Waals surface area (Å²) in [5.41, 5.74) is 6.98. The lowest BCUT2D eigenvalue weighted by atomic mass is 10.1. The molecule has 154 valence electrons. The van der Waals surface area contributed by atoms with Crippen molar-refractivity contribution in [3.8, 4) is 22.6 Å². The van der Waals surface area contributed by atoms with Crippen LogP contribution in [0.5, 0.6) is 0 Å². The Morgan fingerprint density at radius 3 is 2.77 bits per heavy atom. The van der Waals surface area contributed by atoms with Gasteiger partial charge in [0, 0.05) is 30.7 Å². The van der Waals surface area contributed by atoms with Crippen LogP contribution in [0.2, 0.25) is 0 Å². The Morgan fingerprint density at radius 2 is 1.90 bits per heavy atom. The van der Waals surface area contributed by atoms with Crippen molar-refractivity contribution in [3.63, 3.8) is 0 Å². The molecule has 0 amide bonds. The fourth-order valence-electron chi connectivity index (χ4n) is 3.44. The van der Waals surface area contributed by atoms with Gasteiger partial charge in [-0.15, -0.1) is 11.3 Å². The SMILES string of the molecule is Cc1nc(NCCc2cccc(-c3noc(C)n3)c2)cc(-c2ccc3ncsc3c2)n1. The summed E-state index contributed by atoms with van der Waals surface area (Å²) >= 11 is 1.63. The van der Waals surface area contributed by atoms with E-state index in [0.717, 1.165) is 51.6 Å². The van der Waals surface area contributed by atoms with Crippen molar-refractivity contribution in [2.75, 3.05) is 11.9 Å². The molecule has 0 unspecified atom stereocenters. The standard InChI is InChI=1S/C23H20N6OS/c1-14-26-20(17-6-7-19-21(11-17)31-13-25-19)12-22(27-14)24-9-8-16-4-3-5-18(10-16)23-28-15(2)30-29-23/h3-7,10-13H,8-9H2,1-2H3,(H,24,26,27). The van der Waals surface area contributed by atoms with Gasteiger partial charge in [0.25, 0.3) is 0 Å². The second kappa shape index (κ2) is 8.23. The zero-order valence-electron chi connectivity index (χ0n) is 17.2. The first-order chi connectivity index (χ1) is 15.1. The summed E-state index contributed by atoms with van der Waals surface area (Å²) in [6.45, 7) is 4.45. The van der Waals surface area contributed by atoms with E-state index in [4.69, 9.17) is 4.52 Å². The van der Waals surface area contributed by atoms with E-state index in [2.05, 4.69) is 54.7 Å². The summed E-state index contributed by atoms with van der Waals surface area (Å²) in [7, 11) is 0. The zero-order valence-corrected chi connectivity index (χ0v) is 18.0. The molecule has 0 atom stereocenters. The smallest absolute Gasteiger partial charge is 0.223 e. The molecular weight excluding hydrogens is 408 g/mol. The molecular formula is C23H20N6OS. The van der Waals surface area contributed by atoms with Gasteiger partial charge in [-0.2, -0.15) is 4.98 Å². The zero-order chi connectivity index (χ0) is 21.2. The molecule has 0 saturated carbocycles. The maximum absolute atomic E-state index is 5.09. The van der Waals surface area contributed by atoms with Crippen LogP contribution < -0.4 is 5.32 Å². The fourth-order valence-corrected chi connectivity index (χ4v) is 4.15. The molecule has 3 heterocycles. The van der Waals surface area contributed by atoms with Crippen molar-refractivity contribution in [1.29, 1.82) is 0 Å². The van der Waals surface area contributed by atoms with E-state index < -0.39 is 0 Å². The summed E-state index contributed by atoms with van der Waals surface area (Å²) in [4.78, 5) is 17.8. The molecule has 0 aliphatic carbocycles. The number of aromatic nitrogens is 5. The van der Waals surface area contributed by atoms with E-state index in [9.17, 15) is 0 Å². The molecule has 3 aromatic heterocycles. The van der Waals surface area contributed by atoms with Gasteiger partial charge in [-0.05, 0) is 37.1 Å². The molecule has 8 heteroatoms. The van der Waals surface area contributed by atoms with Crippen molar-refractivity contribution in [3.05, 3.63) is 71.3 Å². The van der Waals surface area contributed by atoms with E-state index in [1.165, 1.54) is 5.56 Å². The van der Waals surface area contributed by atoms with Gasteiger partial charge < -0.3 is 9.84 Å². The summed E-state index contributed by atoms with van der Waals surface area (Å²) in [6.07, 6.45) is 0.843. The largest absolute Gasteiger partial charge is 0.370 e. The molecule has 0 aliphatic heterocycles. The Hall–Kier alpha value is -3.65. The third-order valence-electron chi connectivity index (χ3n) is 4.90. The average Bonchev–Trinajstić information content (AvgIpc) is 3.42. The fraction of sp³-hybridized carbons (Fsp3) is 0.174. The lowest BCUT2D eigenvalue weighted by molar-refractivity contribution is 0.394. The molecule has 0 spiro atoms. The van der Waals surface area contributed by atoms with Crippen LogP contribution in [-0.4, -0.2) is 31.6 Å². The van der Waals surface area contributed by atoms with Crippen LogP contribution in [0.25, 0.3) is 32.9 Å². The molecule has 0 saturated heterocycles. The van der Waals surface area contributed by atoms with Crippen LogP contribution >= 0.6 is 11.3 Å². The molecule has 0 radical (unpaired) electrons. The molecule has 7 nitrogen and oxygen atoms in total. The number of nitrogens with zero attached hydrogens (tertiary/aromatic N) is 5. The van der Waals surface area contributed by atoms with Crippen LogP contribution in [0.3, 0.4) is 0 Å². The molecule has 31 heavy (non-hydrogen) atoms. The second-order valence-electron chi connectivity index (χ2n) is 7.23. The maximum Gasteiger partial charge on any atom is 0.223 e. The maximum atomic E-state index is 5.09. The number of hydrogen-bond donors (Lipinski definition) is 1. The lowest BCUT2D eigenvalue weighted by Crippen LogP contribution is -2.08. The number of aryl methyl sites for hydroxylation is 2. The van der Waals surface area contributed by atoms with Gasteiger partial charge in [0.05, 0.1) is 21.4 Å². The minimum absolute atomic E-state index is 0.562. The first kappa shape index (κ1) is 19.3. The van der Waals surface area contributed by atoms with Crippen LogP contribution in [0.4, 0.5) is 5.82 Å². The predicted molar refractivity (Wildman–Crippen MR) is 122 cm³/mol. The molecule has 0 bridgehead atoms. The van der Waals surface area contributed by atoms with Crippen molar-refractivity contribution < 1.29 is 4.52 Å². The lowest BCUT2D eigenvalue weighted by Gasteiger charge is -2.09. The highest BCUT2D eigenvalue weighted by Gasteiger charge is 2.08. The van der Waals surface area contributed by atoms with Crippen molar-refractivity contribution in [2.24, 2.45) is 0 Å². The van der Waals surface area contributed by atoms with E-state index in [1.807, 2.05) is 36.7 Å². The van der Waals surface area contributed by atoms with Gasteiger partial charge in [0.15, 0.2) is 0 Å². The first-order valence-electron chi connectivity index (χ1n) is 9.97. The Bertz CT molecular complexity index is 1360. The highest BCUT2D eigenvalue weighted by atomic mass is 32.1. The van der Waals surface area contributed by atoms with Gasteiger partial charge in [0.2, 0.25) is 11.7 Å². The number of thiazole rings is 1. The number of anilines is 1. The van der Waals surface area contributed by atoms with Gasteiger partial charge in [-0.3, -0.25) is 0 Å².